The van der Waals surface area contributed by atoms with E-state index in [0.29, 0.717) is 11.5 Å². The van der Waals surface area contributed by atoms with Crippen LogP contribution in [-0.4, -0.2) is 22.9 Å². The molecule has 0 saturated carbocycles. The summed E-state index contributed by atoms with van der Waals surface area (Å²) in [6, 6.07) is 2.07. The van der Waals surface area contributed by atoms with E-state index in [4.69, 9.17) is 0 Å². The quantitative estimate of drug-likeness (QED) is 0.908. The van der Waals surface area contributed by atoms with Gasteiger partial charge < -0.3 is 10.6 Å². The predicted octanol–water partition coefficient (Wildman–Crippen LogP) is 2.69. The normalized spacial score (nSPS) is 12.0. The smallest absolute Gasteiger partial charge is 0.271 e. The maximum absolute atomic E-state index is 12.1. The minimum absolute atomic E-state index is 0.0433. The topological polar surface area (TPSA) is 66.9 Å². The Morgan fingerprint density at radius 1 is 1.30 bits per heavy atom. The van der Waals surface area contributed by atoms with Crippen molar-refractivity contribution in [3.63, 3.8) is 0 Å². The molecule has 2 heterocycles. The Kier molecular flexibility index (Phi) is 4.34. The van der Waals surface area contributed by atoms with Crippen molar-refractivity contribution >= 4 is 23.1 Å². The molecule has 0 aliphatic carbocycles. The van der Waals surface area contributed by atoms with Crippen LogP contribution in [0.15, 0.2) is 18.5 Å². The van der Waals surface area contributed by atoms with Crippen LogP contribution in [0.2, 0.25) is 0 Å². The van der Waals surface area contributed by atoms with Crippen LogP contribution in [0.3, 0.4) is 0 Å². The molecule has 2 rings (SSSR count). The number of nitrogens with zero attached hydrogens (tertiary/aromatic N) is 2. The van der Waals surface area contributed by atoms with E-state index >= 15 is 0 Å². The zero-order valence-electron chi connectivity index (χ0n) is 12.0. The van der Waals surface area contributed by atoms with E-state index in [9.17, 15) is 4.79 Å². The van der Waals surface area contributed by atoms with E-state index in [-0.39, 0.29) is 11.9 Å². The summed E-state index contributed by atoms with van der Waals surface area (Å²) in [5, 5.41) is 5.81. The van der Waals surface area contributed by atoms with Crippen molar-refractivity contribution in [2.45, 2.75) is 26.8 Å². The fourth-order valence-electron chi connectivity index (χ4n) is 2.00. The Hall–Kier alpha value is -1.95. The second-order valence-electron chi connectivity index (χ2n) is 4.60. The second kappa shape index (κ2) is 6.00. The van der Waals surface area contributed by atoms with Crippen molar-refractivity contribution in [1.82, 2.24) is 15.3 Å². The van der Waals surface area contributed by atoms with Gasteiger partial charge in [-0.15, -0.1) is 11.3 Å². The van der Waals surface area contributed by atoms with Crippen LogP contribution in [0.1, 0.15) is 38.8 Å². The summed E-state index contributed by atoms with van der Waals surface area (Å²) < 4.78 is 0. The molecule has 0 aliphatic heterocycles. The highest BCUT2D eigenvalue weighted by atomic mass is 32.1. The van der Waals surface area contributed by atoms with Crippen molar-refractivity contribution in [3.05, 3.63) is 39.5 Å². The van der Waals surface area contributed by atoms with E-state index < -0.39 is 0 Å². The van der Waals surface area contributed by atoms with E-state index in [1.807, 2.05) is 6.92 Å². The molecule has 0 bridgehead atoms. The van der Waals surface area contributed by atoms with E-state index in [1.54, 1.807) is 24.6 Å². The Bertz CT molecular complexity index is 606. The highest BCUT2D eigenvalue weighted by molar-refractivity contribution is 7.12. The van der Waals surface area contributed by atoms with Gasteiger partial charge in [0.05, 0.1) is 18.4 Å². The summed E-state index contributed by atoms with van der Waals surface area (Å²) in [5.41, 5.74) is 1.47. The number of carbonyl (C=O) groups is 1. The lowest BCUT2D eigenvalue weighted by Crippen LogP contribution is -2.27. The molecule has 1 amide bonds. The third-order valence-corrected chi connectivity index (χ3v) is 4.02. The van der Waals surface area contributed by atoms with Gasteiger partial charge in [-0.1, -0.05) is 0 Å². The molecule has 2 aromatic heterocycles. The van der Waals surface area contributed by atoms with Crippen molar-refractivity contribution in [2.24, 2.45) is 0 Å². The zero-order valence-corrected chi connectivity index (χ0v) is 12.8. The average Bonchev–Trinajstić information content (AvgIpc) is 2.78. The number of aromatic nitrogens is 2. The fraction of sp³-hybridized carbons (Fsp3) is 0.357. The predicted molar refractivity (Wildman–Crippen MR) is 81.3 cm³/mol. The molecule has 0 fully saturated rings. The van der Waals surface area contributed by atoms with Crippen molar-refractivity contribution < 1.29 is 4.79 Å². The molecule has 20 heavy (non-hydrogen) atoms. The summed E-state index contributed by atoms with van der Waals surface area (Å²) >= 11 is 1.74. The lowest BCUT2D eigenvalue weighted by molar-refractivity contribution is 0.0934. The largest absolute Gasteiger partial charge is 0.372 e. The van der Waals surface area contributed by atoms with E-state index in [1.165, 1.54) is 16.0 Å². The maximum atomic E-state index is 12.1. The van der Waals surface area contributed by atoms with Crippen molar-refractivity contribution in [2.75, 3.05) is 12.4 Å². The molecule has 2 N–H and O–H groups in total. The molecule has 0 spiro atoms. The van der Waals surface area contributed by atoms with Crippen LogP contribution < -0.4 is 10.6 Å². The minimum atomic E-state index is -0.212. The van der Waals surface area contributed by atoms with Gasteiger partial charge in [0.25, 0.3) is 5.91 Å². The number of aryl methyl sites for hydroxylation is 2. The van der Waals surface area contributed by atoms with Gasteiger partial charge in [-0.25, -0.2) is 9.97 Å². The monoisotopic (exact) mass is 290 g/mol. The second-order valence-corrected chi connectivity index (χ2v) is 6.06. The number of thiophene rings is 1. The highest BCUT2D eigenvalue weighted by Gasteiger charge is 2.16. The van der Waals surface area contributed by atoms with Crippen LogP contribution in [0.5, 0.6) is 0 Å². The first-order valence-electron chi connectivity index (χ1n) is 6.39. The highest BCUT2D eigenvalue weighted by Crippen LogP contribution is 2.26. The molecular formula is C14H18N4OS. The molecule has 1 atom stereocenters. The van der Waals surface area contributed by atoms with Gasteiger partial charge >= 0.3 is 0 Å². The Morgan fingerprint density at radius 2 is 2.05 bits per heavy atom. The Morgan fingerprint density at radius 3 is 2.55 bits per heavy atom. The molecule has 0 radical (unpaired) electrons. The van der Waals surface area contributed by atoms with Gasteiger partial charge in [-0.05, 0) is 32.4 Å². The van der Waals surface area contributed by atoms with Gasteiger partial charge in [-0.3, -0.25) is 4.79 Å². The third-order valence-electron chi connectivity index (χ3n) is 3.03. The first-order valence-corrected chi connectivity index (χ1v) is 7.20. The molecule has 2 aromatic rings. The van der Waals surface area contributed by atoms with Gasteiger partial charge in [-0.2, -0.15) is 0 Å². The number of rotatable bonds is 4. The number of hydrogen-bond acceptors (Lipinski definition) is 5. The lowest BCUT2D eigenvalue weighted by Gasteiger charge is -2.13. The van der Waals surface area contributed by atoms with Gasteiger partial charge in [0.15, 0.2) is 0 Å². The molecular weight excluding hydrogens is 272 g/mol. The molecule has 1 unspecified atom stereocenters. The number of carbonyl (C=O) groups excluding carboxylic acids is 1. The van der Waals surface area contributed by atoms with Crippen LogP contribution >= 0.6 is 11.3 Å². The van der Waals surface area contributed by atoms with E-state index in [2.05, 4.69) is 40.5 Å². The number of hydrogen-bond donors (Lipinski definition) is 2. The average molecular weight is 290 g/mol. The van der Waals surface area contributed by atoms with Gasteiger partial charge in [0.2, 0.25) is 0 Å². The van der Waals surface area contributed by atoms with Gasteiger partial charge in [0.1, 0.15) is 11.5 Å². The van der Waals surface area contributed by atoms with Crippen LogP contribution in [-0.2, 0) is 0 Å². The molecule has 6 heteroatoms. The van der Waals surface area contributed by atoms with Crippen LogP contribution in [0, 0.1) is 13.8 Å². The summed E-state index contributed by atoms with van der Waals surface area (Å²) in [4.78, 5) is 22.8. The van der Waals surface area contributed by atoms with E-state index in [0.717, 1.165) is 5.56 Å². The molecule has 5 nitrogen and oxygen atoms in total. The summed E-state index contributed by atoms with van der Waals surface area (Å²) in [6.45, 7) is 6.11. The van der Waals surface area contributed by atoms with Crippen molar-refractivity contribution in [3.8, 4) is 0 Å². The molecule has 0 saturated heterocycles. The fourth-order valence-corrected chi connectivity index (χ4v) is 3.03. The summed E-state index contributed by atoms with van der Waals surface area (Å²) in [6.07, 6.45) is 3.01. The third kappa shape index (κ3) is 3.14. The minimum Gasteiger partial charge on any atom is -0.372 e. The SMILES string of the molecule is CNc1cnc(C(=O)NC(C)c2cc(C)sc2C)cn1. The van der Waals surface area contributed by atoms with Crippen LogP contribution in [0.4, 0.5) is 5.82 Å². The zero-order chi connectivity index (χ0) is 14.7. The first-order chi connectivity index (χ1) is 9.51. The molecule has 0 aliphatic rings. The number of amides is 1. The van der Waals surface area contributed by atoms with Crippen molar-refractivity contribution in [1.29, 1.82) is 0 Å². The lowest BCUT2D eigenvalue weighted by atomic mass is 10.1. The molecule has 0 aromatic carbocycles. The van der Waals surface area contributed by atoms with Crippen LogP contribution in [0.25, 0.3) is 0 Å². The summed E-state index contributed by atoms with van der Waals surface area (Å²) in [7, 11) is 1.76. The van der Waals surface area contributed by atoms with Gasteiger partial charge in [0, 0.05) is 16.8 Å². The summed E-state index contributed by atoms with van der Waals surface area (Å²) in [5.74, 6) is 0.426. The first kappa shape index (κ1) is 14.5. The Labute approximate surface area is 122 Å². The number of nitrogens with one attached hydrogen (secondary N) is 2. The Balaban J connectivity index is 2.08. The standard InChI is InChI=1S/C14H18N4OS/c1-8-5-11(10(3)20-8)9(2)18-14(19)12-6-17-13(15-4)7-16-12/h5-7,9H,1-4H3,(H,15,17)(H,18,19). The maximum Gasteiger partial charge on any atom is 0.271 e. The number of anilines is 1. The molecule has 106 valence electrons.